The highest BCUT2D eigenvalue weighted by atomic mass is 32.1. The Morgan fingerprint density at radius 3 is 2.89 bits per heavy atom. The third-order valence-corrected chi connectivity index (χ3v) is 3.84. The Morgan fingerprint density at radius 1 is 1.26 bits per heavy atom. The van der Waals surface area contributed by atoms with Gasteiger partial charge in [0.1, 0.15) is 5.69 Å². The number of hydrogen-bond donors (Lipinski definition) is 1. The third-order valence-electron chi connectivity index (χ3n) is 2.84. The number of rotatable bonds is 4. The predicted molar refractivity (Wildman–Crippen MR) is 77.4 cm³/mol. The zero-order valence-corrected chi connectivity index (χ0v) is 11.4. The van der Waals surface area contributed by atoms with Crippen LogP contribution in [0.2, 0.25) is 0 Å². The van der Waals surface area contributed by atoms with Gasteiger partial charge in [-0.25, -0.2) is 4.68 Å². The molecule has 1 N–H and O–H groups in total. The molecule has 0 radical (unpaired) electrons. The molecular weight excluding hydrogens is 256 g/mol. The Hall–Kier alpha value is -1.98. The molecule has 96 valence electrons. The maximum atomic E-state index is 4.18. The molecule has 0 aliphatic heterocycles. The van der Waals surface area contributed by atoms with E-state index in [-0.39, 0.29) is 0 Å². The van der Waals surface area contributed by atoms with Crippen LogP contribution >= 0.6 is 11.3 Å². The van der Waals surface area contributed by atoms with Gasteiger partial charge in [0.25, 0.3) is 0 Å². The van der Waals surface area contributed by atoms with Crippen LogP contribution in [0.1, 0.15) is 5.56 Å². The number of para-hydroxylation sites is 1. The summed E-state index contributed by atoms with van der Waals surface area (Å²) in [5.74, 6) is 0. The first-order valence-electron chi connectivity index (χ1n) is 6.07. The molecule has 0 fully saturated rings. The van der Waals surface area contributed by atoms with E-state index in [0.29, 0.717) is 0 Å². The molecule has 0 aliphatic rings. The van der Waals surface area contributed by atoms with Gasteiger partial charge in [0, 0.05) is 6.54 Å². The third kappa shape index (κ3) is 2.43. The molecule has 0 amide bonds. The van der Waals surface area contributed by atoms with Gasteiger partial charge in [-0.05, 0) is 36.2 Å². The van der Waals surface area contributed by atoms with Crippen molar-refractivity contribution in [3.05, 3.63) is 53.5 Å². The number of benzene rings is 1. The number of nitrogens with one attached hydrogen (secondary N) is 1. The summed E-state index contributed by atoms with van der Waals surface area (Å²) in [6.07, 6.45) is 1.81. The first kappa shape index (κ1) is 12.1. The standard InChI is InChI=1S/C14H14N4S/c1-15-8-11-7-14(19-10-11)13-9-16-17-18(13)12-5-3-2-4-6-12/h2-7,9-10,15H,8H2,1H3. The van der Waals surface area contributed by atoms with Crippen molar-refractivity contribution >= 4 is 11.3 Å². The Morgan fingerprint density at radius 2 is 2.11 bits per heavy atom. The lowest BCUT2D eigenvalue weighted by atomic mass is 10.2. The smallest absolute Gasteiger partial charge is 0.104 e. The molecule has 0 saturated heterocycles. The fourth-order valence-corrected chi connectivity index (χ4v) is 2.88. The lowest BCUT2D eigenvalue weighted by Gasteiger charge is -2.03. The number of thiophene rings is 1. The molecule has 0 unspecified atom stereocenters. The molecule has 0 atom stereocenters. The molecule has 0 bridgehead atoms. The summed E-state index contributed by atoms with van der Waals surface area (Å²) in [6.45, 7) is 0.878. The summed E-state index contributed by atoms with van der Waals surface area (Å²) < 4.78 is 1.87. The lowest BCUT2D eigenvalue weighted by molar-refractivity contribution is 0.808. The zero-order chi connectivity index (χ0) is 13.1. The van der Waals surface area contributed by atoms with Gasteiger partial charge in [0.2, 0.25) is 0 Å². The van der Waals surface area contributed by atoms with Gasteiger partial charge in [-0.3, -0.25) is 0 Å². The van der Waals surface area contributed by atoms with Crippen molar-refractivity contribution in [2.75, 3.05) is 7.05 Å². The SMILES string of the molecule is CNCc1csc(-c2cnnn2-c2ccccc2)c1. The minimum Gasteiger partial charge on any atom is -0.316 e. The molecule has 4 nitrogen and oxygen atoms in total. The van der Waals surface area contributed by atoms with Crippen LogP contribution in [0, 0.1) is 0 Å². The van der Waals surface area contributed by atoms with E-state index in [1.165, 1.54) is 10.4 Å². The van der Waals surface area contributed by atoms with E-state index in [4.69, 9.17) is 0 Å². The van der Waals surface area contributed by atoms with Crippen molar-refractivity contribution in [1.29, 1.82) is 0 Å². The summed E-state index contributed by atoms with van der Waals surface area (Å²) in [4.78, 5) is 1.18. The molecule has 3 rings (SSSR count). The van der Waals surface area contributed by atoms with Crippen LogP contribution in [0.4, 0.5) is 0 Å². The van der Waals surface area contributed by atoms with Crippen LogP contribution in [-0.4, -0.2) is 22.0 Å². The summed E-state index contributed by atoms with van der Waals surface area (Å²) in [7, 11) is 1.95. The Labute approximate surface area is 115 Å². The van der Waals surface area contributed by atoms with Gasteiger partial charge in [0.05, 0.1) is 16.8 Å². The predicted octanol–water partition coefficient (Wildman–Crippen LogP) is 2.72. The fourth-order valence-electron chi connectivity index (χ4n) is 1.97. The van der Waals surface area contributed by atoms with E-state index in [1.54, 1.807) is 11.3 Å². The second kappa shape index (κ2) is 5.34. The van der Waals surface area contributed by atoms with Crippen LogP contribution in [0.15, 0.2) is 48.0 Å². The number of aromatic nitrogens is 3. The van der Waals surface area contributed by atoms with Gasteiger partial charge in [-0.1, -0.05) is 23.4 Å². The van der Waals surface area contributed by atoms with E-state index < -0.39 is 0 Å². The highest BCUT2D eigenvalue weighted by molar-refractivity contribution is 7.13. The molecule has 2 heterocycles. The summed E-state index contributed by atoms with van der Waals surface area (Å²) in [5.41, 5.74) is 3.33. The van der Waals surface area contributed by atoms with Gasteiger partial charge in [-0.2, -0.15) is 0 Å². The molecule has 5 heteroatoms. The van der Waals surface area contributed by atoms with Crippen molar-refractivity contribution in [3.8, 4) is 16.3 Å². The average Bonchev–Trinajstić information content (AvgIpc) is 3.08. The largest absolute Gasteiger partial charge is 0.316 e. The molecule has 19 heavy (non-hydrogen) atoms. The highest BCUT2D eigenvalue weighted by Gasteiger charge is 2.10. The Bertz CT molecular complexity index is 657. The first-order chi connectivity index (χ1) is 9.38. The fraction of sp³-hybridized carbons (Fsp3) is 0.143. The summed E-state index contributed by atoms with van der Waals surface area (Å²) >= 11 is 1.72. The molecule has 3 aromatic rings. The minimum atomic E-state index is 0.878. The number of nitrogens with zero attached hydrogens (tertiary/aromatic N) is 3. The molecule has 1 aromatic carbocycles. The van der Waals surface area contributed by atoms with Crippen LogP contribution in [0.5, 0.6) is 0 Å². The molecule has 0 spiro atoms. The van der Waals surface area contributed by atoms with Gasteiger partial charge in [0.15, 0.2) is 0 Å². The second-order valence-electron chi connectivity index (χ2n) is 4.22. The first-order valence-corrected chi connectivity index (χ1v) is 6.95. The maximum absolute atomic E-state index is 4.18. The van der Waals surface area contributed by atoms with Crippen molar-refractivity contribution < 1.29 is 0 Å². The second-order valence-corrected chi connectivity index (χ2v) is 5.13. The van der Waals surface area contributed by atoms with Crippen molar-refractivity contribution in [2.45, 2.75) is 6.54 Å². The maximum Gasteiger partial charge on any atom is 0.104 e. The van der Waals surface area contributed by atoms with E-state index >= 15 is 0 Å². The molecule has 0 saturated carbocycles. The van der Waals surface area contributed by atoms with Gasteiger partial charge >= 0.3 is 0 Å². The van der Waals surface area contributed by atoms with E-state index in [2.05, 4.69) is 27.1 Å². The Kier molecular flexibility index (Phi) is 3.39. The number of hydrogen-bond acceptors (Lipinski definition) is 4. The van der Waals surface area contributed by atoms with Crippen LogP contribution < -0.4 is 5.32 Å². The van der Waals surface area contributed by atoms with Crippen molar-refractivity contribution in [1.82, 2.24) is 20.3 Å². The highest BCUT2D eigenvalue weighted by Crippen LogP contribution is 2.28. The molecule has 2 aromatic heterocycles. The van der Waals surface area contributed by atoms with Crippen molar-refractivity contribution in [2.24, 2.45) is 0 Å². The monoisotopic (exact) mass is 270 g/mol. The van der Waals surface area contributed by atoms with E-state index in [9.17, 15) is 0 Å². The normalized spacial score (nSPS) is 10.8. The van der Waals surface area contributed by atoms with Crippen LogP contribution in [0.25, 0.3) is 16.3 Å². The van der Waals surface area contributed by atoms with Crippen LogP contribution in [-0.2, 0) is 6.54 Å². The average molecular weight is 270 g/mol. The van der Waals surface area contributed by atoms with E-state index in [1.807, 2.05) is 48.3 Å². The topological polar surface area (TPSA) is 42.7 Å². The quantitative estimate of drug-likeness (QED) is 0.792. The molecule has 0 aliphatic carbocycles. The van der Waals surface area contributed by atoms with Gasteiger partial charge in [-0.15, -0.1) is 16.4 Å². The Balaban J connectivity index is 1.99. The molecular formula is C14H14N4S. The van der Waals surface area contributed by atoms with Crippen molar-refractivity contribution in [3.63, 3.8) is 0 Å². The van der Waals surface area contributed by atoms with Crippen LogP contribution in [0.3, 0.4) is 0 Å². The summed E-state index contributed by atoms with van der Waals surface area (Å²) in [5, 5.41) is 13.5. The minimum absolute atomic E-state index is 0.878. The van der Waals surface area contributed by atoms with Gasteiger partial charge < -0.3 is 5.32 Å². The summed E-state index contributed by atoms with van der Waals surface area (Å²) in [6, 6.07) is 12.2. The lowest BCUT2D eigenvalue weighted by Crippen LogP contribution is -2.03. The zero-order valence-electron chi connectivity index (χ0n) is 10.6. The van der Waals surface area contributed by atoms with E-state index in [0.717, 1.165) is 17.9 Å².